The van der Waals surface area contributed by atoms with Crippen molar-refractivity contribution >= 4 is 47.6 Å². The molecule has 1 fully saturated rings. The topological polar surface area (TPSA) is 181 Å². The van der Waals surface area contributed by atoms with E-state index in [9.17, 15) is 23.7 Å². The summed E-state index contributed by atoms with van der Waals surface area (Å²) < 4.78 is 33.2. The Hall–Kier alpha value is -1.54. The van der Waals surface area contributed by atoms with E-state index in [4.69, 9.17) is 36.1 Å². The smallest absolute Gasteiger partial charge is 0.330 e. The number of esters is 2. The molecule has 13 nitrogen and oxygen atoms in total. The summed E-state index contributed by atoms with van der Waals surface area (Å²) >= 11 is 9.84. The van der Waals surface area contributed by atoms with Crippen molar-refractivity contribution < 1.29 is 32.9 Å². The molecule has 192 valence electrons. The summed E-state index contributed by atoms with van der Waals surface area (Å²) in [6.45, 7) is 5.80. The molecule has 1 aromatic heterocycles. The fourth-order valence-electron chi connectivity index (χ4n) is 2.86. The zero-order valence-electron chi connectivity index (χ0n) is 18.8. The molecule has 2 rings (SSSR count). The van der Waals surface area contributed by atoms with Crippen molar-refractivity contribution in [2.75, 3.05) is 6.61 Å². The average Bonchev–Trinajstić information content (AvgIpc) is 2.95. The molecule has 0 spiro atoms. The normalized spacial score (nSPS) is 27.2. The summed E-state index contributed by atoms with van der Waals surface area (Å²) in [5.74, 6) is -1.43. The Morgan fingerprint density at radius 2 is 2.00 bits per heavy atom. The highest BCUT2D eigenvalue weighted by atomic mass is 79.9. The molecule has 0 aromatic carbocycles. The number of nitrogens with zero attached hydrogens (tertiary/aromatic N) is 1. The summed E-state index contributed by atoms with van der Waals surface area (Å²) in [7, 11) is -2.98. The lowest BCUT2D eigenvalue weighted by Crippen LogP contribution is -2.45. The minimum Gasteiger partial charge on any atom is -0.462 e. The summed E-state index contributed by atoms with van der Waals surface area (Å²) in [6.07, 6.45) is -2.83. The van der Waals surface area contributed by atoms with Crippen LogP contribution in [0.1, 0.15) is 33.9 Å². The second-order valence-corrected chi connectivity index (χ2v) is 11.4. The van der Waals surface area contributed by atoms with Crippen molar-refractivity contribution in [3.63, 3.8) is 0 Å². The first kappa shape index (κ1) is 28.7. The molecule has 1 aliphatic rings. The number of carbonyl (C=O) groups excluding carboxylic acids is 2. The number of H-pyrrole nitrogens is 1. The van der Waals surface area contributed by atoms with Crippen molar-refractivity contribution in [2.24, 2.45) is 5.73 Å². The molecule has 4 N–H and O–H groups in total. The van der Waals surface area contributed by atoms with Gasteiger partial charge in [0.25, 0.3) is 13.7 Å². The van der Waals surface area contributed by atoms with Crippen LogP contribution in [0.2, 0.25) is 0 Å². The van der Waals surface area contributed by atoms with E-state index in [2.05, 4.69) is 26.0 Å². The minimum atomic E-state index is -2.98. The van der Waals surface area contributed by atoms with Crippen LogP contribution >= 0.6 is 35.7 Å². The van der Waals surface area contributed by atoms with Crippen molar-refractivity contribution in [1.29, 1.82) is 0 Å². The van der Waals surface area contributed by atoms with Crippen LogP contribution < -0.4 is 22.1 Å². The highest BCUT2D eigenvalue weighted by molar-refractivity contribution is 9.10. The molecule has 0 amide bonds. The SMILES string of the molecule is CC(C)OC(=O)[C@@H](C)N[PH](=O)OC[C@H]1O[C@@H](n2ccc(=O)[nH]c2=O)[C@](Cl)(Br)[C@@H]1OC(=O)[C@H](C)N. The second-order valence-electron chi connectivity index (χ2n) is 7.82. The van der Waals surface area contributed by atoms with E-state index in [1.165, 1.54) is 13.8 Å². The van der Waals surface area contributed by atoms with Crippen LogP contribution in [-0.2, 0) is 32.9 Å². The van der Waals surface area contributed by atoms with Crippen LogP contribution in [0.15, 0.2) is 21.9 Å². The number of halogens is 2. The largest absolute Gasteiger partial charge is 0.462 e. The summed E-state index contributed by atoms with van der Waals surface area (Å²) in [6, 6.07) is -0.830. The van der Waals surface area contributed by atoms with Crippen molar-refractivity contribution in [3.05, 3.63) is 33.1 Å². The lowest BCUT2D eigenvalue weighted by atomic mass is 10.1. The molecule has 7 atom stereocenters. The maximum absolute atomic E-state index is 12.4. The molecule has 0 bridgehead atoms. The van der Waals surface area contributed by atoms with E-state index in [0.29, 0.717) is 0 Å². The van der Waals surface area contributed by atoms with Crippen molar-refractivity contribution in [1.82, 2.24) is 14.6 Å². The van der Waals surface area contributed by atoms with Gasteiger partial charge in [-0.3, -0.25) is 28.5 Å². The molecule has 34 heavy (non-hydrogen) atoms. The van der Waals surface area contributed by atoms with E-state index in [-0.39, 0.29) is 6.10 Å². The molecular weight excluding hydrogens is 563 g/mol. The third-order valence-corrected chi connectivity index (χ3v) is 6.83. The van der Waals surface area contributed by atoms with E-state index < -0.39 is 72.3 Å². The van der Waals surface area contributed by atoms with Crippen LogP contribution in [0.4, 0.5) is 0 Å². The van der Waals surface area contributed by atoms with Crippen LogP contribution in [-0.4, -0.2) is 62.3 Å². The van der Waals surface area contributed by atoms with Crippen LogP contribution in [0.5, 0.6) is 0 Å². The number of hydrogen-bond acceptors (Lipinski definition) is 10. The fraction of sp³-hybridized carbons (Fsp3) is 0.667. The Morgan fingerprint density at radius 1 is 1.35 bits per heavy atom. The number of aromatic amines is 1. The first-order valence-electron chi connectivity index (χ1n) is 10.2. The lowest BCUT2D eigenvalue weighted by molar-refractivity contribution is -0.154. The van der Waals surface area contributed by atoms with E-state index in [1.807, 2.05) is 0 Å². The summed E-state index contributed by atoms with van der Waals surface area (Å²) in [4.78, 5) is 49.8. The number of carbonyl (C=O) groups is 2. The predicted octanol–water partition coefficient (Wildman–Crippen LogP) is 0.359. The van der Waals surface area contributed by atoms with Gasteiger partial charge in [0.2, 0.25) is 0 Å². The standard InChI is InChI=1S/C18H27BrClN4O9P/c1-8(2)31-15(27)10(4)23-34(29)30-7-11-13(33-14(26)9(3)21)18(19,20)16(32-11)24-6-5-12(25)22-17(24)28/h5-6,8-11,13,16,34H,7,21H2,1-4H3,(H,23,29)(H,22,25,28)/t9-,10+,11+,13+,16+,18-/m0/s1. The van der Waals surface area contributed by atoms with Gasteiger partial charge in [0.1, 0.15) is 18.2 Å². The quantitative estimate of drug-likeness (QED) is 0.195. The number of hydrogen-bond donors (Lipinski definition) is 3. The molecule has 0 radical (unpaired) electrons. The first-order valence-corrected chi connectivity index (χ1v) is 12.7. The third-order valence-electron chi connectivity index (χ3n) is 4.49. The molecule has 0 saturated carbocycles. The number of ether oxygens (including phenoxy) is 3. The van der Waals surface area contributed by atoms with Gasteiger partial charge < -0.3 is 24.5 Å². The Kier molecular flexibility index (Phi) is 10.1. The molecule has 1 saturated heterocycles. The number of alkyl halides is 2. The Morgan fingerprint density at radius 3 is 2.56 bits per heavy atom. The number of nitrogens with one attached hydrogen (secondary N) is 2. The van der Waals surface area contributed by atoms with Gasteiger partial charge in [0.05, 0.1) is 12.7 Å². The Balaban J connectivity index is 2.20. The van der Waals surface area contributed by atoms with Crippen molar-refractivity contribution in [3.8, 4) is 0 Å². The second kappa shape index (κ2) is 11.9. The Labute approximate surface area is 208 Å². The molecule has 1 aliphatic heterocycles. The van der Waals surface area contributed by atoms with E-state index in [0.717, 1.165) is 16.8 Å². The van der Waals surface area contributed by atoms with Crippen LogP contribution in [0.25, 0.3) is 0 Å². The van der Waals surface area contributed by atoms with E-state index in [1.54, 1.807) is 13.8 Å². The van der Waals surface area contributed by atoms with Gasteiger partial charge in [-0.15, -0.1) is 0 Å². The van der Waals surface area contributed by atoms with Gasteiger partial charge in [-0.1, -0.05) is 27.5 Å². The highest BCUT2D eigenvalue weighted by Crippen LogP contribution is 2.49. The minimum absolute atomic E-state index is 0.351. The van der Waals surface area contributed by atoms with Crippen molar-refractivity contribution in [2.45, 2.75) is 68.1 Å². The Bertz CT molecular complexity index is 1030. The zero-order valence-corrected chi connectivity index (χ0v) is 22.1. The molecular formula is C18H27BrClN4O9P. The maximum Gasteiger partial charge on any atom is 0.330 e. The predicted molar refractivity (Wildman–Crippen MR) is 125 cm³/mol. The molecule has 16 heteroatoms. The highest BCUT2D eigenvalue weighted by Gasteiger charge is 2.58. The first-order chi connectivity index (χ1) is 15.7. The molecule has 2 heterocycles. The third kappa shape index (κ3) is 7.23. The molecule has 1 unspecified atom stereocenters. The monoisotopic (exact) mass is 588 g/mol. The molecule has 1 aromatic rings. The summed E-state index contributed by atoms with van der Waals surface area (Å²) in [5.41, 5.74) is 4.11. The van der Waals surface area contributed by atoms with Gasteiger partial charge >= 0.3 is 17.6 Å². The summed E-state index contributed by atoms with van der Waals surface area (Å²) in [5, 5.41) is 2.49. The van der Waals surface area contributed by atoms with Gasteiger partial charge in [-0.05, 0) is 27.7 Å². The maximum atomic E-state index is 12.4. The molecule has 0 aliphatic carbocycles. The number of rotatable bonds is 10. The van der Waals surface area contributed by atoms with Gasteiger partial charge in [0, 0.05) is 12.3 Å². The van der Waals surface area contributed by atoms with Gasteiger partial charge in [0.15, 0.2) is 16.1 Å². The number of nitrogens with two attached hydrogens (primary N) is 1. The number of aromatic nitrogens is 2. The van der Waals surface area contributed by atoms with Crippen LogP contribution in [0.3, 0.4) is 0 Å². The van der Waals surface area contributed by atoms with Crippen LogP contribution in [0, 0.1) is 0 Å². The van der Waals surface area contributed by atoms with E-state index >= 15 is 0 Å². The van der Waals surface area contributed by atoms with Gasteiger partial charge in [-0.2, -0.15) is 0 Å². The zero-order chi connectivity index (χ0) is 25.8. The average molecular weight is 590 g/mol. The fourth-order valence-corrected chi connectivity index (χ4v) is 4.79. The lowest BCUT2D eigenvalue weighted by Gasteiger charge is -2.28. The van der Waals surface area contributed by atoms with Gasteiger partial charge in [-0.25, -0.2) is 9.88 Å².